The Labute approximate surface area is 138 Å². The second-order valence-electron chi connectivity index (χ2n) is 4.44. The topological polar surface area (TPSA) is 77.4 Å². The molecule has 0 unspecified atom stereocenters. The third kappa shape index (κ3) is 4.96. The van der Waals surface area contributed by atoms with E-state index in [0.717, 1.165) is 22.3 Å². The summed E-state index contributed by atoms with van der Waals surface area (Å²) in [4.78, 5) is 6.26. The van der Waals surface area contributed by atoms with Crippen molar-refractivity contribution < 1.29 is 9.26 Å². The van der Waals surface area contributed by atoms with Gasteiger partial charge in [0.05, 0.1) is 20.2 Å². The summed E-state index contributed by atoms with van der Waals surface area (Å²) in [6, 6.07) is 5.93. The molecule has 8 heteroatoms. The van der Waals surface area contributed by atoms with Gasteiger partial charge < -0.3 is 15.0 Å². The average molecular weight is 378 g/mol. The van der Waals surface area contributed by atoms with Gasteiger partial charge in [0.1, 0.15) is 5.75 Å². The van der Waals surface area contributed by atoms with Crippen LogP contribution in [-0.2, 0) is 19.6 Å². The maximum absolute atomic E-state index is 5.44. The van der Waals surface area contributed by atoms with Gasteiger partial charge in [-0.25, -0.2) is 0 Å². The number of benzene rings is 1. The molecular weight excluding hydrogens is 360 g/mol. The minimum absolute atomic E-state index is 0. The molecule has 0 aliphatic carbocycles. The maximum Gasteiger partial charge on any atom is 0.240 e. The zero-order valence-corrected chi connectivity index (χ0v) is 14.3. The molecule has 0 saturated heterocycles. The SMILES string of the molecule is COc1ccc(Br)cc1CN(C)Cc1noc(CN)n1.Cl. The van der Waals surface area contributed by atoms with Crippen LogP contribution in [0, 0.1) is 0 Å². The molecule has 0 radical (unpaired) electrons. The molecule has 2 N–H and O–H groups in total. The van der Waals surface area contributed by atoms with E-state index in [2.05, 4.69) is 31.0 Å². The van der Waals surface area contributed by atoms with Crippen LogP contribution in [0.1, 0.15) is 17.3 Å². The number of rotatable bonds is 6. The van der Waals surface area contributed by atoms with Crippen molar-refractivity contribution in [3.8, 4) is 5.75 Å². The summed E-state index contributed by atoms with van der Waals surface area (Å²) >= 11 is 3.47. The molecule has 0 amide bonds. The standard InChI is InChI=1S/C13H17BrN4O2.ClH/c1-18(8-12-16-13(6-15)20-17-12)7-9-5-10(14)3-4-11(9)19-2;/h3-5H,6-8,15H2,1-2H3;1H. The number of nitrogens with two attached hydrogens (primary N) is 1. The first-order valence-electron chi connectivity index (χ1n) is 6.15. The van der Waals surface area contributed by atoms with Gasteiger partial charge in [0.25, 0.3) is 0 Å². The molecule has 0 aliphatic rings. The molecular formula is C13H18BrClN4O2. The summed E-state index contributed by atoms with van der Waals surface area (Å²) in [6.45, 7) is 1.56. The number of hydrogen-bond acceptors (Lipinski definition) is 6. The van der Waals surface area contributed by atoms with Crippen LogP contribution in [0.4, 0.5) is 0 Å². The molecule has 21 heavy (non-hydrogen) atoms. The molecule has 0 saturated carbocycles. The smallest absolute Gasteiger partial charge is 0.240 e. The van der Waals surface area contributed by atoms with Crippen LogP contribution in [-0.4, -0.2) is 29.2 Å². The lowest BCUT2D eigenvalue weighted by atomic mass is 10.2. The first-order chi connectivity index (χ1) is 9.62. The highest BCUT2D eigenvalue weighted by Crippen LogP contribution is 2.24. The summed E-state index contributed by atoms with van der Waals surface area (Å²) in [7, 11) is 3.65. The van der Waals surface area contributed by atoms with Crippen LogP contribution >= 0.6 is 28.3 Å². The normalized spacial score (nSPS) is 10.5. The van der Waals surface area contributed by atoms with Crippen molar-refractivity contribution in [1.29, 1.82) is 0 Å². The fraction of sp³-hybridized carbons (Fsp3) is 0.385. The minimum atomic E-state index is 0. The lowest BCUT2D eigenvalue weighted by molar-refractivity contribution is 0.293. The Kier molecular flexibility index (Phi) is 7.10. The molecule has 0 atom stereocenters. The predicted molar refractivity (Wildman–Crippen MR) is 85.3 cm³/mol. The van der Waals surface area contributed by atoms with Crippen molar-refractivity contribution >= 4 is 28.3 Å². The van der Waals surface area contributed by atoms with E-state index in [4.69, 9.17) is 15.0 Å². The number of aromatic nitrogens is 2. The summed E-state index contributed by atoms with van der Waals surface area (Å²) in [5.74, 6) is 1.94. The van der Waals surface area contributed by atoms with E-state index >= 15 is 0 Å². The maximum atomic E-state index is 5.44. The molecule has 116 valence electrons. The second kappa shape index (κ2) is 8.33. The van der Waals surface area contributed by atoms with Crippen molar-refractivity contribution in [2.45, 2.75) is 19.6 Å². The second-order valence-corrected chi connectivity index (χ2v) is 5.35. The van der Waals surface area contributed by atoms with E-state index < -0.39 is 0 Å². The van der Waals surface area contributed by atoms with Crippen molar-refractivity contribution in [2.24, 2.45) is 5.73 Å². The third-order valence-electron chi connectivity index (χ3n) is 2.78. The van der Waals surface area contributed by atoms with Crippen LogP contribution in [0.3, 0.4) is 0 Å². The Bertz CT molecular complexity index is 579. The van der Waals surface area contributed by atoms with Gasteiger partial charge in [-0.1, -0.05) is 21.1 Å². The van der Waals surface area contributed by atoms with Gasteiger partial charge in [0, 0.05) is 16.6 Å². The van der Waals surface area contributed by atoms with Crippen molar-refractivity contribution in [3.63, 3.8) is 0 Å². The molecule has 0 spiro atoms. The lowest BCUT2D eigenvalue weighted by Gasteiger charge is -2.16. The van der Waals surface area contributed by atoms with Gasteiger partial charge in [-0.15, -0.1) is 12.4 Å². The minimum Gasteiger partial charge on any atom is -0.496 e. The van der Waals surface area contributed by atoms with Crippen molar-refractivity contribution in [3.05, 3.63) is 40.0 Å². The lowest BCUT2D eigenvalue weighted by Crippen LogP contribution is -2.18. The molecule has 0 bridgehead atoms. The monoisotopic (exact) mass is 376 g/mol. The van der Waals surface area contributed by atoms with Gasteiger partial charge in [-0.2, -0.15) is 4.98 Å². The van der Waals surface area contributed by atoms with Gasteiger partial charge in [-0.3, -0.25) is 4.90 Å². The van der Waals surface area contributed by atoms with Crippen LogP contribution < -0.4 is 10.5 Å². The number of halogens is 2. The van der Waals surface area contributed by atoms with Crippen molar-refractivity contribution in [1.82, 2.24) is 15.0 Å². The summed E-state index contributed by atoms with van der Waals surface area (Å²) < 4.78 is 11.4. The van der Waals surface area contributed by atoms with E-state index in [1.807, 2.05) is 25.2 Å². The molecule has 0 aliphatic heterocycles. The molecule has 1 aromatic heterocycles. The fourth-order valence-electron chi connectivity index (χ4n) is 1.90. The summed E-state index contributed by atoms with van der Waals surface area (Å²) in [6.07, 6.45) is 0. The Morgan fingerprint density at radius 3 is 2.76 bits per heavy atom. The molecule has 6 nitrogen and oxygen atoms in total. The highest BCUT2D eigenvalue weighted by atomic mass is 79.9. The summed E-state index contributed by atoms with van der Waals surface area (Å²) in [5.41, 5.74) is 6.53. The Balaban J connectivity index is 0.00000220. The largest absolute Gasteiger partial charge is 0.496 e. The van der Waals surface area contributed by atoms with Gasteiger partial charge in [0.2, 0.25) is 5.89 Å². The third-order valence-corrected chi connectivity index (χ3v) is 3.27. The molecule has 1 aromatic carbocycles. The Hall–Kier alpha value is -1.15. The van der Waals surface area contributed by atoms with Crippen LogP contribution in [0.15, 0.2) is 27.2 Å². The molecule has 2 aromatic rings. The highest BCUT2D eigenvalue weighted by molar-refractivity contribution is 9.10. The fourth-order valence-corrected chi connectivity index (χ4v) is 2.30. The zero-order valence-electron chi connectivity index (χ0n) is 11.9. The number of ether oxygens (including phenoxy) is 1. The van der Waals surface area contributed by atoms with Gasteiger partial charge >= 0.3 is 0 Å². The predicted octanol–water partition coefficient (Wildman–Crippen LogP) is 2.35. The van der Waals surface area contributed by atoms with Crippen LogP contribution in [0.25, 0.3) is 0 Å². The van der Waals surface area contributed by atoms with Gasteiger partial charge in [0.15, 0.2) is 5.82 Å². The highest BCUT2D eigenvalue weighted by Gasteiger charge is 2.11. The first kappa shape index (κ1) is 17.9. The number of methoxy groups -OCH3 is 1. The van der Waals surface area contributed by atoms with E-state index in [9.17, 15) is 0 Å². The zero-order chi connectivity index (χ0) is 14.5. The van der Waals surface area contributed by atoms with Crippen LogP contribution in [0.5, 0.6) is 5.75 Å². The van der Waals surface area contributed by atoms with E-state index in [0.29, 0.717) is 18.3 Å². The van der Waals surface area contributed by atoms with E-state index in [1.54, 1.807) is 7.11 Å². The Morgan fingerprint density at radius 2 is 2.14 bits per heavy atom. The quantitative estimate of drug-likeness (QED) is 0.832. The molecule has 1 heterocycles. The molecule has 2 rings (SSSR count). The average Bonchev–Trinajstić information content (AvgIpc) is 2.86. The first-order valence-corrected chi connectivity index (χ1v) is 6.94. The van der Waals surface area contributed by atoms with E-state index in [1.165, 1.54) is 0 Å². The molecule has 0 fully saturated rings. The van der Waals surface area contributed by atoms with E-state index in [-0.39, 0.29) is 19.0 Å². The number of nitrogens with zero attached hydrogens (tertiary/aromatic N) is 3. The summed E-state index contributed by atoms with van der Waals surface area (Å²) in [5, 5.41) is 3.88. The number of hydrogen-bond donors (Lipinski definition) is 1. The Morgan fingerprint density at radius 1 is 1.38 bits per heavy atom. The van der Waals surface area contributed by atoms with Gasteiger partial charge in [-0.05, 0) is 25.2 Å². The van der Waals surface area contributed by atoms with Crippen LogP contribution in [0.2, 0.25) is 0 Å². The van der Waals surface area contributed by atoms with Crippen molar-refractivity contribution in [2.75, 3.05) is 14.2 Å².